The number of unbranched alkanes of at least 4 members (excludes halogenated alkanes) is 1. The van der Waals surface area contributed by atoms with Gasteiger partial charge >= 0.3 is 0 Å². The Hall–Kier alpha value is -3.28. The van der Waals surface area contributed by atoms with Crippen LogP contribution in [0.1, 0.15) is 62.3 Å². The summed E-state index contributed by atoms with van der Waals surface area (Å²) in [6.45, 7) is 7.61. The molecular weight excluding hydrogens is 406 g/mol. The van der Waals surface area contributed by atoms with E-state index in [1.165, 1.54) is 5.56 Å². The molecule has 0 spiro atoms. The second kappa shape index (κ2) is 9.07. The molecule has 0 radical (unpaired) electrons. The molecule has 168 valence electrons. The van der Waals surface area contributed by atoms with E-state index in [9.17, 15) is 14.7 Å². The Kier molecular flexibility index (Phi) is 6.21. The molecule has 1 N–H and O–H groups in total. The van der Waals surface area contributed by atoms with Crippen molar-refractivity contribution in [1.82, 2.24) is 4.90 Å². The number of aliphatic hydroxyl groups excluding tert-OH is 1. The predicted octanol–water partition coefficient (Wildman–Crippen LogP) is 4.80. The first-order valence-electron chi connectivity index (χ1n) is 11.2. The molecule has 1 fully saturated rings. The molecule has 2 aromatic rings. The highest BCUT2D eigenvalue weighted by atomic mass is 16.6. The topological polar surface area (TPSA) is 76.1 Å². The molecule has 1 amide bonds. The second-order valence-corrected chi connectivity index (χ2v) is 8.53. The van der Waals surface area contributed by atoms with Gasteiger partial charge in [0.05, 0.1) is 11.6 Å². The third-order valence-corrected chi connectivity index (χ3v) is 6.03. The third-order valence-electron chi connectivity index (χ3n) is 6.03. The fraction of sp³-hybridized carbons (Fsp3) is 0.385. The molecule has 2 aromatic carbocycles. The molecule has 0 aromatic heterocycles. The van der Waals surface area contributed by atoms with E-state index < -0.39 is 17.7 Å². The summed E-state index contributed by atoms with van der Waals surface area (Å²) in [6.07, 6.45) is 1.67. The Bertz CT molecular complexity index is 1050. The molecule has 6 heteroatoms. The Balaban J connectivity index is 1.81. The van der Waals surface area contributed by atoms with Gasteiger partial charge in [0.15, 0.2) is 11.5 Å². The number of fused-ring (bicyclic) bond motifs is 1. The lowest BCUT2D eigenvalue weighted by Gasteiger charge is -2.25. The first-order chi connectivity index (χ1) is 15.4. The molecule has 2 aliphatic rings. The molecule has 0 saturated carbocycles. The van der Waals surface area contributed by atoms with Gasteiger partial charge in [-0.3, -0.25) is 9.59 Å². The van der Waals surface area contributed by atoms with E-state index in [4.69, 9.17) is 9.47 Å². The van der Waals surface area contributed by atoms with Gasteiger partial charge in [-0.05, 0) is 41.7 Å². The number of nitrogens with zero attached hydrogens (tertiary/aromatic N) is 1. The highest BCUT2D eigenvalue weighted by Gasteiger charge is 2.45. The molecule has 32 heavy (non-hydrogen) atoms. The molecule has 2 heterocycles. The van der Waals surface area contributed by atoms with E-state index in [-0.39, 0.29) is 11.3 Å². The maximum Gasteiger partial charge on any atom is 0.295 e. The van der Waals surface area contributed by atoms with Gasteiger partial charge in [-0.15, -0.1) is 0 Å². The van der Waals surface area contributed by atoms with Crippen LogP contribution in [-0.4, -0.2) is 41.5 Å². The SMILES string of the molecule is CCCCN1C(=O)C(=O)/C(=C(\O)c2ccc3c(c2)OCCO3)C1c1ccc(C(C)C)cc1. The van der Waals surface area contributed by atoms with Crippen LogP contribution >= 0.6 is 0 Å². The molecule has 1 saturated heterocycles. The normalized spacial score (nSPS) is 19.6. The number of likely N-dealkylation sites (tertiary alicyclic amines) is 1. The van der Waals surface area contributed by atoms with E-state index in [0.29, 0.717) is 42.7 Å². The van der Waals surface area contributed by atoms with Crippen LogP contribution in [0.2, 0.25) is 0 Å². The molecule has 0 bridgehead atoms. The lowest BCUT2D eigenvalue weighted by Crippen LogP contribution is -2.30. The summed E-state index contributed by atoms with van der Waals surface area (Å²) in [7, 11) is 0. The largest absolute Gasteiger partial charge is 0.507 e. The van der Waals surface area contributed by atoms with E-state index in [0.717, 1.165) is 18.4 Å². The molecule has 0 aliphatic carbocycles. The minimum Gasteiger partial charge on any atom is -0.507 e. The van der Waals surface area contributed by atoms with Gasteiger partial charge in [0.25, 0.3) is 11.7 Å². The van der Waals surface area contributed by atoms with Crippen molar-refractivity contribution in [3.05, 3.63) is 64.7 Å². The Morgan fingerprint density at radius 2 is 1.75 bits per heavy atom. The summed E-state index contributed by atoms with van der Waals surface area (Å²) < 4.78 is 11.2. The summed E-state index contributed by atoms with van der Waals surface area (Å²) in [5.41, 5.74) is 2.52. The van der Waals surface area contributed by atoms with Crippen LogP contribution in [0, 0.1) is 0 Å². The molecule has 1 atom stereocenters. The maximum atomic E-state index is 13.1. The highest BCUT2D eigenvalue weighted by molar-refractivity contribution is 6.46. The highest BCUT2D eigenvalue weighted by Crippen LogP contribution is 2.41. The van der Waals surface area contributed by atoms with Gasteiger partial charge in [-0.1, -0.05) is 51.5 Å². The Morgan fingerprint density at radius 3 is 2.41 bits per heavy atom. The fourth-order valence-corrected chi connectivity index (χ4v) is 4.20. The number of carbonyl (C=O) groups excluding carboxylic acids is 2. The standard InChI is InChI=1S/C26H29NO5/c1-4-5-12-27-23(18-8-6-17(7-9-18)16(2)3)22(25(29)26(27)30)24(28)19-10-11-20-21(15-19)32-14-13-31-20/h6-11,15-16,23,28H,4-5,12-14H2,1-3H3/b24-22-. The van der Waals surface area contributed by atoms with Gasteiger partial charge in [-0.2, -0.15) is 0 Å². The lowest BCUT2D eigenvalue weighted by molar-refractivity contribution is -0.139. The number of carbonyl (C=O) groups is 2. The smallest absolute Gasteiger partial charge is 0.295 e. The molecule has 6 nitrogen and oxygen atoms in total. The van der Waals surface area contributed by atoms with Crippen LogP contribution in [0.3, 0.4) is 0 Å². The second-order valence-electron chi connectivity index (χ2n) is 8.53. The van der Waals surface area contributed by atoms with Crippen LogP contribution < -0.4 is 9.47 Å². The number of hydrogen-bond donors (Lipinski definition) is 1. The van der Waals surface area contributed by atoms with E-state index >= 15 is 0 Å². The molecule has 1 unspecified atom stereocenters. The number of ketones is 1. The molecule has 2 aliphatic heterocycles. The van der Waals surface area contributed by atoms with Gasteiger partial charge in [0.1, 0.15) is 19.0 Å². The average molecular weight is 436 g/mol. The van der Waals surface area contributed by atoms with Crippen LogP contribution in [-0.2, 0) is 9.59 Å². The number of ether oxygens (including phenoxy) is 2. The van der Waals surface area contributed by atoms with Crippen LogP contribution in [0.15, 0.2) is 48.0 Å². The van der Waals surface area contributed by atoms with Crippen LogP contribution in [0.5, 0.6) is 11.5 Å². The maximum absolute atomic E-state index is 13.1. The quantitative estimate of drug-likeness (QED) is 0.401. The van der Waals surface area contributed by atoms with Crippen molar-refractivity contribution in [2.75, 3.05) is 19.8 Å². The zero-order chi connectivity index (χ0) is 22.8. The average Bonchev–Trinajstić information content (AvgIpc) is 3.06. The molecular formula is C26H29NO5. The number of aliphatic hydroxyl groups is 1. The zero-order valence-corrected chi connectivity index (χ0v) is 18.8. The minimum atomic E-state index is -0.661. The van der Waals surface area contributed by atoms with E-state index in [1.54, 1.807) is 23.1 Å². The van der Waals surface area contributed by atoms with Crippen LogP contribution in [0.25, 0.3) is 5.76 Å². The zero-order valence-electron chi connectivity index (χ0n) is 18.8. The van der Waals surface area contributed by atoms with Crippen molar-refractivity contribution in [2.24, 2.45) is 0 Å². The number of hydrogen-bond acceptors (Lipinski definition) is 5. The van der Waals surface area contributed by atoms with E-state index in [1.807, 2.05) is 31.2 Å². The number of benzene rings is 2. The predicted molar refractivity (Wildman–Crippen MR) is 122 cm³/mol. The van der Waals surface area contributed by atoms with Gasteiger partial charge in [0.2, 0.25) is 0 Å². The number of Topliss-reactive ketones (excluding diaryl/α,β-unsaturated/α-hetero) is 1. The number of rotatable bonds is 6. The summed E-state index contributed by atoms with van der Waals surface area (Å²) >= 11 is 0. The Labute approximate surface area is 188 Å². The van der Waals surface area contributed by atoms with Crippen molar-refractivity contribution >= 4 is 17.4 Å². The van der Waals surface area contributed by atoms with Gasteiger partial charge in [0, 0.05) is 12.1 Å². The van der Waals surface area contributed by atoms with Crippen LogP contribution in [0.4, 0.5) is 0 Å². The monoisotopic (exact) mass is 435 g/mol. The first-order valence-corrected chi connectivity index (χ1v) is 11.2. The summed E-state index contributed by atoms with van der Waals surface area (Å²) in [4.78, 5) is 27.6. The lowest BCUT2D eigenvalue weighted by atomic mass is 9.93. The van der Waals surface area contributed by atoms with Crippen molar-refractivity contribution in [3.8, 4) is 11.5 Å². The van der Waals surface area contributed by atoms with Crippen molar-refractivity contribution in [3.63, 3.8) is 0 Å². The summed E-state index contributed by atoms with van der Waals surface area (Å²) in [5, 5.41) is 11.2. The van der Waals surface area contributed by atoms with Crippen molar-refractivity contribution in [1.29, 1.82) is 0 Å². The minimum absolute atomic E-state index is 0.111. The van der Waals surface area contributed by atoms with E-state index in [2.05, 4.69) is 13.8 Å². The van der Waals surface area contributed by atoms with Crippen molar-refractivity contribution < 1.29 is 24.2 Å². The van der Waals surface area contributed by atoms with Gasteiger partial charge in [-0.25, -0.2) is 0 Å². The third kappa shape index (κ3) is 3.97. The van der Waals surface area contributed by atoms with Crippen molar-refractivity contribution in [2.45, 2.75) is 45.6 Å². The Morgan fingerprint density at radius 1 is 1.06 bits per heavy atom. The van der Waals surface area contributed by atoms with Gasteiger partial charge < -0.3 is 19.5 Å². The first kappa shape index (κ1) is 21.9. The fourth-order valence-electron chi connectivity index (χ4n) is 4.20. The number of amides is 1. The molecule has 4 rings (SSSR count). The summed E-state index contributed by atoms with van der Waals surface area (Å²) in [6, 6.07) is 12.3. The summed E-state index contributed by atoms with van der Waals surface area (Å²) in [5.74, 6) is 0.0442.